The van der Waals surface area contributed by atoms with Crippen molar-refractivity contribution in [3.63, 3.8) is 0 Å². The first kappa shape index (κ1) is 26.3. The lowest BCUT2D eigenvalue weighted by Gasteiger charge is -2.34. The van der Waals surface area contributed by atoms with Crippen molar-refractivity contribution < 1.29 is 19.1 Å². The van der Waals surface area contributed by atoms with Crippen LogP contribution < -0.4 is 14.8 Å². The van der Waals surface area contributed by atoms with Crippen LogP contribution in [0.2, 0.25) is 0 Å². The highest BCUT2D eigenvalue weighted by Gasteiger charge is 2.32. The van der Waals surface area contributed by atoms with Gasteiger partial charge in [-0.3, -0.25) is 9.59 Å². The molecule has 3 aromatic carbocycles. The van der Waals surface area contributed by atoms with E-state index in [1.165, 1.54) is 0 Å². The monoisotopic (exact) mass is 500 g/mol. The van der Waals surface area contributed by atoms with Crippen molar-refractivity contribution in [2.24, 2.45) is 0 Å². The summed E-state index contributed by atoms with van der Waals surface area (Å²) in [5, 5.41) is 3.11. The van der Waals surface area contributed by atoms with E-state index in [0.717, 1.165) is 28.0 Å². The van der Waals surface area contributed by atoms with Crippen LogP contribution in [0.3, 0.4) is 0 Å². The molecule has 37 heavy (non-hydrogen) atoms. The number of rotatable bonds is 9. The number of amides is 2. The van der Waals surface area contributed by atoms with Gasteiger partial charge in [-0.15, -0.1) is 0 Å². The predicted molar refractivity (Wildman–Crippen MR) is 144 cm³/mol. The van der Waals surface area contributed by atoms with Gasteiger partial charge in [0, 0.05) is 24.9 Å². The van der Waals surface area contributed by atoms with Crippen molar-refractivity contribution >= 4 is 11.8 Å². The number of benzene rings is 3. The first-order chi connectivity index (χ1) is 17.7. The summed E-state index contributed by atoms with van der Waals surface area (Å²) in [5.74, 6) is 1.20. The second kappa shape index (κ2) is 11.5. The zero-order chi connectivity index (χ0) is 26.4. The number of hydrogen-bond acceptors (Lipinski definition) is 4. The number of nitrogens with one attached hydrogen (secondary N) is 1. The zero-order valence-corrected chi connectivity index (χ0v) is 22.1. The Kier molecular flexibility index (Phi) is 8.17. The Labute approximate surface area is 219 Å². The van der Waals surface area contributed by atoms with Gasteiger partial charge in [0.25, 0.3) is 0 Å². The molecular formula is C31H36N2O4. The maximum atomic E-state index is 13.8. The van der Waals surface area contributed by atoms with Gasteiger partial charge in [0.2, 0.25) is 18.6 Å². The summed E-state index contributed by atoms with van der Waals surface area (Å²) >= 11 is 0. The number of carbonyl (C=O) groups excluding carboxylic acids is 2. The van der Waals surface area contributed by atoms with E-state index in [0.29, 0.717) is 25.1 Å². The average Bonchev–Trinajstić information content (AvgIpc) is 3.32. The van der Waals surface area contributed by atoms with E-state index < -0.39 is 11.6 Å². The Hall–Kier alpha value is -3.80. The van der Waals surface area contributed by atoms with Gasteiger partial charge in [-0.05, 0) is 62.9 Å². The number of nitrogens with zero attached hydrogens (tertiary/aromatic N) is 1. The topological polar surface area (TPSA) is 67.9 Å². The van der Waals surface area contributed by atoms with Gasteiger partial charge < -0.3 is 19.7 Å². The normalized spacial score (nSPS) is 13.2. The highest BCUT2D eigenvalue weighted by atomic mass is 16.7. The molecule has 2 amide bonds. The van der Waals surface area contributed by atoms with Crippen LogP contribution in [0.4, 0.5) is 0 Å². The molecule has 1 aliphatic heterocycles. The van der Waals surface area contributed by atoms with E-state index in [1.54, 1.807) is 4.90 Å². The fourth-order valence-corrected chi connectivity index (χ4v) is 4.51. The highest BCUT2D eigenvalue weighted by molar-refractivity contribution is 5.88. The standard InChI is InChI=1S/C31H36N2O4/c1-22-9-8-12-25(17-22)20-33(29(34)16-14-24-13-15-27-28(19-24)37-21-36-27)26(30(35)32-31(2,3)4)18-23-10-6-5-7-11-23/h5-13,15,17,19,26H,14,16,18,20-21H2,1-4H3,(H,32,35)/t26-/m1/s1. The maximum Gasteiger partial charge on any atom is 0.243 e. The summed E-state index contributed by atoms with van der Waals surface area (Å²) in [7, 11) is 0. The first-order valence-corrected chi connectivity index (χ1v) is 12.8. The minimum absolute atomic E-state index is 0.0656. The van der Waals surface area contributed by atoms with E-state index >= 15 is 0 Å². The van der Waals surface area contributed by atoms with Crippen LogP contribution in [-0.2, 0) is 29.0 Å². The fraction of sp³-hybridized carbons (Fsp3) is 0.355. The summed E-state index contributed by atoms with van der Waals surface area (Å²) < 4.78 is 10.9. The lowest BCUT2D eigenvalue weighted by atomic mass is 9.99. The largest absolute Gasteiger partial charge is 0.454 e. The van der Waals surface area contributed by atoms with Crippen LogP contribution in [0.5, 0.6) is 11.5 Å². The molecule has 0 bridgehead atoms. The van der Waals surface area contributed by atoms with E-state index in [1.807, 2.05) is 94.4 Å². The van der Waals surface area contributed by atoms with Crippen molar-refractivity contribution in [2.45, 2.75) is 65.1 Å². The van der Waals surface area contributed by atoms with E-state index in [9.17, 15) is 9.59 Å². The molecule has 0 aliphatic carbocycles. The van der Waals surface area contributed by atoms with Gasteiger partial charge in [-0.2, -0.15) is 0 Å². The molecule has 0 spiro atoms. The molecule has 1 aliphatic rings. The third-order valence-electron chi connectivity index (χ3n) is 6.27. The fourth-order valence-electron chi connectivity index (χ4n) is 4.51. The lowest BCUT2D eigenvalue weighted by Crippen LogP contribution is -2.54. The highest BCUT2D eigenvalue weighted by Crippen LogP contribution is 2.33. The molecule has 0 unspecified atom stereocenters. The van der Waals surface area contributed by atoms with Gasteiger partial charge in [0.15, 0.2) is 11.5 Å². The molecule has 0 aromatic heterocycles. The maximum absolute atomic E-state index is 13.8. The molecule has 1 atom stereocenters. The molecular weight excluding hydrogens is 464 g/mol. The molecule has 6 nitrogen and oxygen atoms in total. The molecule has 6 heteroatoms. The molecule has 1 heterocycles. The first-order valence-electron chi connectivity index (χ1n) is 12.8. The molecule has 3 aromatic rings. The van der Waals surface area contributed by atoms with Crippen molar-refractivity contribution in [3.8, 4) is 11.5 Å². The Morgan fingerprint density at radius 2 is 1.62 bits per heavy atom. The zero-order valence-electron chi connectivity index (χ0n) is 22.1. The van der Waals surface area contributed by atoms with E-state index in [2.05, 4.69) is 11.4 Å². The van der Waals surface area contributed by atoms with Gasteiger partial charge in [0.1, 0.15) is 6.04 Å². The summed E-state index contributed by atoms with van der Waals surface area (Å²) in [5.41, 5.74) is 3.69. The number of fused-ring (bicyclic) bond motifs is 1. The number of aryl methyl sites for hydroxylation is 2. The van der Waals surface area contributed by atoms with Crippen molar-refractivity contribution in [3.05, 3.63) is 95.1 Å². The van der Waals surface area contributed by atoms with Crippen molar-refractivity contribution in [1.29, 1.82) is 0 Å². The van der Waals surface area contributed by atoms with E-state index in [-0.39, 0.29) is 25.0 Å². The van der Waals surface area contributed by atoms with Crippen LogP contribution in [0.15, 0.2) is 72.8 Å². The minimum Gasteiger partial charge on any atom is -0.454 e. The Balaban J connectivity index is 1.61. The van der Waals surface area contributed by atoms with Crippen molar-refractivity contribution in [1.82, 2.24) is 10.2 Å². The lowest BCUT2D eigenvalue weighted by molar-refractivity contribution is -0.141. The van der Waals surface area contributed by atoms with Crippen molar-refractivity contribution in [2.75, 3.05) is 6.79 Å². The second-order valence-corrected chi connectivity index (χ2v) is 10.6. The third kappa shape index (κ3) is 7.35. The summed E-state index contributed by atoms with van der Waals surface area (Å²) in [6.45, 7) is 8.47. The Morgan fingerprint density at radius 1 is 0.892 bits per heavy atom. The molecule has 1 N–H and O–H groups in total. The Morgan fingerprint density at radius 3 is 2.35 bits per heavy atom. The van der Waals surface area contributed by atoms with E-state index in [4.69, 9.17) is 9.47 Å². The summed E-state index contributed by atoms with van der Waals surface area (Å²) in [4.78, 5) is 29.2. The van der Waals surface area contributed by atoms with Crippen LogP contribution >= 0.6 is 0 Å². The molecule has 0 fully saturated rings. The summed E-state index contributed by atoms with van der Waals surface area (Å²) in [6.07, 6.45) is 1.25. The van der Waals surface area contributed by atoms with Gasteiger partial charge >= 0.3 is 0 Å². The quantitative estimate of drug-likeness (QED) is 0.438. The third-order valence-corrected chi connectivity index (χ3v) is 6.27. The SMILES string of the molecule is Cc1cccc(CN(C(=O)CCc2ccc3c(c2)OCO3)[C@H](Cc2ccccc2)C(=O)NC(C)(C)C)c1. The average molecular weight is 501 g/mol. The van der Waals surface area contributed by atoms with Crippen LogP contribution in [-0.4, -0.2) is 35.1 Å². The second-order valence-electron chi connectivity index (χ2n) is 10.6. The molecule has 0 saturated heterocycles. The molecule has 0 saturated carbocycles. The summed E-state index contributed by atoms with van der Waals surface area (Å²) in [6, 6.07) is 23.1. The number of ether oxygens (including phenoxy) is 2. The molecule has 194 valence electrons. The van der Waals surface area contributed by atoms with Gasteiger partial charge in [-0.1, -0.05) is 66.2 Å². The van der Waals surface area contributed by atoms with Gasteiger partial charge in [0.05, 0.1) is 0 Å². The molecule has 0 radical (unpaired) electrons. The predicted octanol–water partition coefficient (Wildman–Crippen LogP) is 5.21. The smallest absolute Gasteiger partial charge is 0.243 e. The molecule has 4 rings (SSSR count). The number of carbonyl (C=O) groups is 2. The Bertz CT molecular complexity index is 1230. The van der Waals surface area contributed by atoms with Gasteiger partial charge in [-0.25, -0.2) is 0 Å². The van der Waals surface area contributed by atoms with Crippen LogP contribution in [0.1, 0.15) is 49.4 Å². The number of hydrogen-bond donors (Lipinski definition) is 1. The minimum atomic E-state index is -0.647. The van der Waals surface area contributed by atoms with Crippen LogP contribution in [0, 0.1) is 6.92 Å². The van der Waals surface area contributed by atoms with Crippen LogP contribution in [0.25, 0.3) is 0 Å².